The first-order valence-electron chi connectivity index (χ1n) is 14.2. The summed E-state index contributed by atoms with van der Waals surface area (Å²) in [6, 6.07) is 26.9. The number of rotatable bonds is 9. The molecule has 0 radical (unpaired) electrons. The topological polar surface area (TPSA) is 96.0 Å². The Morgan fingerprint density at radius 2 is 1.55 bits per heavy atom. The summed E-state index contributed by atoms with van der Waals surface area (Å²) in [6.45, 7) is 5.15. The predicted molar refractivity (Wildman–Crippen MR) is 171 cm³/mol. The van der Waals surface area contributed by atoms with Crippen molar-refractivity contribution in [2.75, 3.05) is 18.0 Å². The fourth-order valence-corrected chi connectivity index (χ4v) is 7.38. The van der Waals surface area contributed by atoms with Gasteiger partial charge in [0.15, 0.2) is 6.10 Å². The molecule has 2 amide bonds. The molecule has 1 atom stereocenters. The summed E-state index contributed by atoms with van der Waals surface area (Å²) < 4.78 is 35.7. The second kappa shape index (κ2) is 13.2. The van der Waals surface area contributed by atoms with Gasteiger partial charge in [-0.05, 0) is 67.3 Å². The lowest BCUT2D eigenvalue weighted by molar-refractivity contribution is -0.128. The molecule has 0 saturated carbocycles. The Morgan fingerprint density at radius 1 is 0.909 bits per heavy atom. The van der Waals surface area contributed by atoms with E-state index in [2.05, 4.69) is 5.32 Å². The van der Waals surface area contributed by atoms with Crippen molar-refractivity contribution >= 4 is 39.1 Å². The van der Waals surface area contributed by atoms with Gasteiger partial charge in [0, 0.05) is 18.1 Å². The zero-order chi connectivity index (χ0) is 31.4. The molecule has 1 aliphatic heterocycles. The number of benzene rings is 4. The van der Waals surface area contributed by atoms with Crippen LogP contribution in [0.4, 0.5) is 5.69 Å². The average molecular weight is 632 g/mol. The van der Waals surface area contributed by atoms with Crippen molar-refractivity contribution in [2.24, 2.45) is 0 Å². The molecule has 1 heterocycles. The number of aryl methyl sites for hydroxylation is 3. The number of carbonyl (C=O) groups is 2. The molecular weight excluding hydrogens is 598 g/mol. The predicted octanol–water partition coefficient (Wildman–Crippen LogP) is 5.57. The van der Waals surface area contributed by atoms with Crippen LogP contribution in [0.25, 0.3) is 0 Å². The summed E-state index contributed by atoms with van der Waals surface area (Å²) in [5, 5.41) is 3.40. The van der Waals surface area contributed by atoms with Gasteiger partial charge in [-0.2, -0.15) is 4.31 Å². The van der Waals surface area contributed by atoms with Gasteiger partial charge >= 0.3 is 0 Å². The van der Waals surface area contributed by atoms with Crippen LogP contribution in [0.2, 0.25) is 5.02 Å². The van der Waals surface area contributed by atoms with Crippen LogP contribution in [0.5, 0.6) is 5.75 Å². The van der Waals surface area contributed by atoms with Crippen molar-refractivity contribution in [3.8, 4) is 5.75 Å². The smallest absolute Gasteiger partial charge is 0.263 e. The highest BCUT2D eigenvalue weighted by atomic mass is 35.5. The lowest BCUT2D eigenvalue weighted by atomic mass is 10.1. The van der Waals surface area contributed by atoms with E-state index in [0.717, 1.165) is 11.1 Å². The Balaban J connectivity index is 1.44. The molecule has 0 saturated heterocycles. The zero-order valence-electron chi connectivity index (χ0n) is 24.8. The number of sulfonamides is 1. The third-order valence-corrected chi connectivity index (χ3v) is 9.81. The van der Waals surface area contributed by atoms with Gasteiger partial charge in [0.05, 0.1) is 23.7 Å². The van der Waals surface area contributed by atoms with Crippen molar-refractivity contribution in [1.29, 1.82) is 0 Å². The van der Waals surface area contributed by atoms with Gasteiger partial charge in [-0.15, -0.1) is 0 Å². The molecule has 10 heteroatoms. The maximum Gasteiger partial charge on any atom is 0.263 e. The summed E-state index contributed by atoms with van der Waals surface area (Å²) >= 11 is 6.08. The van der Waals surface area contributed by atoms with Crippen LogP contribution in [0.15, 0.2) is 95.9 Å². The minimum absolute atomic E-state index is 0.0506. The Labute approximate surface area is 263 Å². The third-order valence-electron chi connectivity index (χ3n) is 7.46. The Kier molecular flexibility index (Phi) is 9.39. The van der Waals surface area contributed by atoms with Crippen LogP contribution in [-0.4, -0.2) is 43.7 Å². The summed E-state index contributed by atoms with van der Waals surface area (Å²) in [6.07, 6.45) is -0.986. The molecule has 5 rings (SSSR count). The number of hydrogen-bond donors (Lipinski definition) is 1. The number of carbonyl (C=O) groups excluding carboxylic acids is 2. The van der Waals surface area contributed by atoms with E-state index in [0.29, 0.717) is 39.7 Å². The minimum Gasteiger partial charge on any atom is -0.477 e. The van der Waals surface area contributed by atoms with Gasteiger partial charge in [-0.3, -0.25) is 9.59 Å². The summed E-state index contributed by atoms with van der Waals surface area (Å²) in [5.41, 5.74) is 4.21. The molecule has 8 nitrogen and oxygen atoms in total. The van der Waals surface area contributed by atoms with Crippen molar-refractivity contribution in [1.82, 2.24) is 9.62 Å². The van der Waals surface area contributed by atoms with Crippen molar-refractivity contribution in [3.63, 3.8) is 0 Å². The van der Waals surface area contributed by atoms with Crippen LogP contribution in [0.3, 0.4) is 0 Å². The number of amides is 2. The molecule has 0 spiro atoms. The molecule has 4 aromatic rings. The molecule has 0 bridgehead atoms. The first-order chi connectivity index (χ1) is 21.0. The van der Waals surface area contributed by atoms with Crippen LogP contribution >= 0.6 is 11.6 Å². The fourth-order valence-electron chi connectivity index (χ4n) is 5.46. The number of para-hydroxylation sites is 2. The van der Waals surface area contributed by atoms with Crippen LogP contribution < -0.4 is 15.0 Å². The number of fused-ring (bicyclic) bond motifs is 1. The summed E-state index contributed by atoms with van der Waals surface area (Å²) in [5.74, 6) is -0.497. The molecule has 228 valence electrons. The summed E-state index contributed by atoms with van der Waals surface area (Å²) in [7, 11) is -4.13. The van der Waals surface area contributed by atoms with Gasteiger partial charge in [0.25, 0.3) is 5.91 Å². The monoisotopic (exact) mass is 631 g/mol. The molecule has 1 aliphatic rings. The number of hydrogen-bond acceptors (Lipinski definition) is 5. The first kappa shape index (κ1) is 31.3. The number of anilines is 1. The number of ether oxygens (including phenoxy) is 1. The highest BCUT2D eigenvalue weighted by Gasteiger charge is 2.37. The van der Waals surface area contributed by atoms with Gasteiger partial charge in [0.2, 0.25) is 15.9 Å². The highest BCUT2D eigenvalue weighted by molar-refractivity contribution is 7.89. The maximum absolute atomic E-state index is 14.3. The van der Waals surface area contributed by atoms with E-state index in [9.17, 15) is 18.0 Å². The minimum atomic E-state index is -4.13. The number of halogens is 1. The van der Waals surface area contributed by atoms with E-state index in [4.69, 9.17) is 16.3 Å². The van der Waals surface area contributed by atoms with Crippen molar-refractivity contribution in [3.05, 3.63) is 124 Å². The molecule has 0 aromatic heterocycles. The van der Waals surface area contributed by atoms with Crippen molar-refractivity contribution in [2.45, 2.75) is 44.9 Å². The SMILES string of the molecule is Cc1cc(C)c(S(=O)(=O)N(CC(=O)N2CC(C(=O)NCc3ccccc3)Oc3ccccc32)Cc2ccc(Cl)cc2)c(C)c1. The molecule has 1 N–H and O–H groups in total. The quantitative estimate of drug-likeness (QED) is 0.261. The van der Waals surface area contributed by atoms with Crippen LogP contribution in [0.1, 0.15) is 27.8 Å². The van der Waals surface area contributed by atoms with E-state index < -0.39 is 28.6 Å². The van der Waals surface area contributed by atoms with Gasteiger partial charge in [-0.25, -0.2) is 8.42 Å². The van der Waals surface area contributed by atoms with Gasteiger partial charge in [0.1, 0.15) is 5.75 Å². The van der Waals surface area contributed by atoms with Crippen molar-refractivity contribution < 1.29 is 22.7 Å². The molecule has 4 aromatic carbocycles. The maximum atomic E-state index is 14.3. The van der Waals surface area contributed by atoms with E-state index in [-0.39, 0.29) is 23.9 Å². The number of nitrogens with one attached hydrogen (secondary N) is 1. The summed E-state index contributed by atoms with van der Waals surface area (Å²) in [4.78, 5) is 28.9. The lowest BCUT2D eigenvalue weighted by Gasteiger charge is -2.35. The van der Waals surface area contributed by atoms with E-state index in [1.807, 2.05) is 49.4 Å². The number of nitrogens with zero attached hydrogens (tertiary/aromatic N) is 2. The van der Waals surface area contributed by atoms with E-state index >= 15 is 0 Å². The normalized spacial score (nSPS) is 14.6. The average Bonchev–Trinajstić information content (AvgIpc) is 2.99. The lowest BCUT2D eigenvalue weighted by Crippen LogP contribution is -2.52. The zero-order valence-corrected chi connectivity index (χ0v) is 26.4. The Bertz CT molecular complexity index is 1760. The standard InChI is InChI=1S/C34H34ClN3O5S/c1-23-17-24(2)33(25(3)18-23)44(41,42)37(20-27-13-15-28(35)16-14-27)22-32(39)38-21-31(43-30-12-8-7-11-29(30)38)34(40)36-19-26-9-5-4-6-10-26/h4-18,31H,19-22H2,1-3H3,(H,36,40). The van der Waals surface area contributed by atoms with Crippen LogP contribution in [0, 0.1) is 20.8 Å². The Morgan fingerprint density at radius 3 is 2.23 bits per heavy atom. The fraction of sp³-hybridized carbons (Fsp3) is 0.235. The van der Waals surface area contributed by atoms with E-state index in [1.165, 1.54) is 9.21 Å². The van der Waals surface area contributed by atoms with Gasteiger partial charge < -0.3 is 15.0 Å². The highest BCUT2D eigenvalue weighted by Crippen LogP contribution is 2.34. The molecule has 0 aliphatic carbocycles. The first-order valence-corrected chi connectivity index (χ1v) is 16.0. The van der Waals surface area contributed by atoms with E-state index in [1.54, 1.807) is 62.4 Å². The molecule has 44 heavy (non-hydrogen) atoms. The molecule has 0 fully saturated rings. The largest absolute Gasteiger partial charge is 0.477 e. The molecular formula is C34H34ClN3O5S. The second-order valence-electron chi connectivity index (χ2n) is 10.9. The molecule has 1 unspecified atom stereocenters. The van der Waals surface area contributed by atoms with Crippen LogP contribution in [-0.2, 0) is 32.7 Å². The third kappa shape index (κ3) is 6.96. The Hall–Kier alpha value is -4.18. The second-order valence-corrected chi connectivity index (χ2v) is 13.2. The van der Waals surface area contributed by atoms with Gasteiger partial charge in [-0.1, -0.05) is 83.9 Å².